The molecule has 0 radical (unpaired) electrons. The number of aromatic nitrogens is 4. The van der Waals surface area contributed by atoms with Crippen LogP contribution in [0.15, 0.2) is 55.5 Å². The van der Waals surface area contributed by atoms with Crippen molar-refractivity contribution in [3.8, 4) is 5.69 Å². The summed E-state index contributed by atoms with van der Waals surface area (Å²) in [7, 11) is 0. The largest absolute Gasteiger partial charge is 0.369 e. The van der Waals surface area contributed by atoms with Gasteiger partial charge in [0.25, 0.3) is 0 Å². The summed E-state index contributed by atoms with van der Waals surface area (Å²) in [6.07, 6.45) is 6.11. The van der Waals surface area contributed by atoms with Gasteiger partial charge in [0.05, 0.1) is 17.3 Å². The van der Waals surface area contributed by atoms with E-state index in [1.54, 1.807) is 12.5 Å². The van der Waals surface area contributed by atoms with Crippen LogP contribution in [0.3, 0.4) is 0 Å². The van der Waals surface area contributed by atoms with Crippen molar-refractivity contribution < 1.29 is 0 Å². The smallest absolute Gasteiger partial charge is 0.168 e. The zero-order chi connectivity index (χ0) is 13.8. The van der Waals surface area contributed by atoms with Crippen molar-refractivity contribution >= 4 is 16.9 Å². The molecule has 5 heteroatoms. The second-order valence-electron chi connectivity index (χ2n) is 4.36. The molecule has 20 heavy (non-hydrogen) atoms. The maximum Gasteiger partial charge on any atom is 0.168 e. The molecule has 3 rings (SSSR count). The van der Waals surface area contributed by atoms with Gasteiger partial charge in [0, 0.05) is 6.54 Å². The van der Waals surface area contributed by atoms with E-state index in [0.717, 1.165) is 35.5 Å². The minimum Gasteiger partial charge on any atom is -0.369 e. The molecule has 0 saturated carbocycles. The first kappa shape index (κ1) is 12.3. The van der Waals surface area contributed by atoms with Gasteiger partial charge in [-0.05, 0) is 18.6 Å². The number of hydrogen-bond donors (Lipinski definition) is 1. The Morgan fingerprint density at radius 3 is 2.85 bits per heavy atom. The standard InChI is InChI=1S/C15H15N5/c1-2-3-9-16-14-13-10-19-20(15(13)18-11-17-14)12-7-5-4-6-8-12/h2,4-8,10-11H,1,3,9H2,(H,16,17,18). The summed E-state index contributed by atoms with van der Waals surface area (Å²) in [4.78, 5) is 8.61. The van der Waals surface area contributed by atoms with Crippen molar-refractivity contribution in [3.63, 3.8) is 0 Å². The third kappa shape index (κ3) is 2.25. The Morgan fingerprint density at radius 1 is 1.20 bits per heavy atom. The van der Waals surface area contributed by atoms with Crippen LogP contribution in [0, 0.1) is 0 Å². The van der Waals surface area contributed by atoms with Crippen LogP contribution in [0.25, 0.3) is 16.7 Å². The maximum atomic E-state index is 4.41. The summed E-state index contributed by atoms with van der Waals surface area (Å²) in [6, 6.07) is 9.94. The van der Waals surface area contributed by atoms with Gasteiger partial charge in [-0.25, -0.2) is 14.6 Å². The molecule has 1 N–H and O–H groups in total. The van der Waals surface area contributed by atoms with Crippen LogP contribution in [0.2, 0.25) is 0 Å². The first-order valence-electron chi connectivity index (χ1n) is 6.49. The predicted octanol–water partition coefficient (Wildman–Crippen LogP) is 2.80. The highest BCUT2D eigenvalue weighted by Crippen LogP contribution is 2.21. The lowest BCUT2D eigenvalue weighted by molar-refractivity contribution is 0.895. The second-order valence-corrected chi connectivity index (χ2v) is 4.36. The molecule has 0 aliphatic heterocycles. The predicted molar refractivity (Wildman–Crippen MR) is 80.0 cm³/mol. The van der Waals surface area contributed by atoms with E-state index in [9.17, 15) is 0 Å². The molecule has 3 aromatic rings. The van der Waals surface area contributed by atoms with Gasteiger partial charge in [0.2, 0.25) is 0 Å². The molecular formula is C15H15N5. The van der Waals surface area contributed by atoms with Gasteiger partial charge in [-0.1, -0.05) is 24.3 Å². The van der Waals surface area contributed by atoms with E-state index < -0.39 is 0 Å². The molecule has 2 aromatic heterocycles. The van der Waals surface area contributed by atoms with Crippen molar-refractivity contribution in [1.29, 1.82) is 0 Å². The number of nitrogens with zero attached hydrogens (tertiary/aromatic N) is 4. The van der Waals surface area contributed by atoms with Crippen LogP contribution in [0.4, 0.5) is 5.82 Å². The van der Waals surface area contributed by atoms with E-state index >= 15 is 0 Å². The highest BCUT2D eigenvalue weighted by Gasteiger charge is 2.10. The molecule has 0 unspecified atom stereocenters. The molecule has 100 valence electrons. The number of nitrogens with one attached hydrogen (secondary N) is 1. The highest BCUT2D eigenvalue weighted by atomic mass is 15.3. The van der Waals surface area contributed by atoms with Gasteiger partial charge in [-0.15, -0.1) is 6.58 Å². The fraction of sp³-hybridized carbons (Fsp3) is 0.133. The number of para-hydroxylation sites is 1. The van der Waals surface area contributed by atoms with Crippen molar-refractivity contribution in [2.24, 2.45) is 0 Å². The Kier molecular flexibility index (Phi) is 3.41. The van der Waals surface area contributed by atoms with Crippen LogP contribution in [-0.2, 0) is 0 Å². The number of benzene rings is 1. The summed E-state index contributed by atoms with van der Waals surface area (Å²) >= 11 is 0. The van der Waals surface area contributed by atoms with Crippen molar-refractivity contribution in [2.45, 2.75) is 6.42 Å². The Labute approximate surface area is 117 Å². The molecule has 2 heterocycles. The fourth-order valence-electron chi connectivity index (χ4n) is 2.04. The third-order valence-corrected chi connectivity index (χ3v) is 3.01. The molecule has 0 atom stereocenters. The molecule has 0 bridgehead atoms. The summed E-state index contributed by atoms with van der Waals surface area (Å²) in [5.41, 5.74) is 1.78. The molecule has 5 nitrogen and oxygen atoms in total. The van der Waals surface area contributed by atoms with Gasteiger partial charge >= 0.3 is 0 Å². The zero-order valence-corrected chi connectivity index (χ0v) is 11.0. The van der Waals surface area contributed by atoms with E-state index in [1.165, 1.54) is 0 Å². The number of rotatable bonds is 5. The lowest BCUT2D eigenvalue weighted by atomic mass is 10.3. The third-order valence-electron chi connectivity index (χ3n) is 3.01. The van der Waals surface area contributed by atoms with Crippen molar-refractivity contribution in [2.75, 3.05) is 11.9 Å². The van der Waals surface area contributed by atoms with Crippen molar-refractivity contribution in [3.05, 3.63) is 55.5 Å². The second kappa shape index (κ2) is 5.52. The van der Waals surface area contributed by atoms with Crippen LogP contribution in [0.5, 0.6) is 0 Å². The van der Waals surface area contributed by atoms with E-state index in [2.05, 4.69) is 27.0 Å². The minimum absolute atomic E-state index is 0.798. The van der Waals surface area contributed by atoms with Crippen LogP contribution in [0.1, 0.15) is 6.42 Å². The lowest BCUT2D eigenvalue weighted by Crippen LogP contribution is -2.03. The average molecular weight is 265 g/mol. The summed E-state index contributed by atoms with van der Waals surface area (Å²) < 4.78 is 1.82. The van der Waals surface area contributed by atoms with Gasteiger partial charge in [-0.3, -0.25) is 0 Å². The Hall–Kier alpha value is -2.69. The summed E-state index contributed by atoms with van der Waals surface area (Å²) in [5.74, 6) is 0.805. The van der Waals surface area contributed by atoms with E-state index in [1.807, 2.05) is 41.1 Å². The lowest BCUT2D eigenvalue weighted by Gasteiger charge is -2.05. The molecule has 0 fully saturated rings. The molecule has 0 amide bonds. The zero-order valence-electron chi connectivity index (χ0n) is 11.0. The van der Waals surface area contributed by atoms with E-state index in [4.69, 9.17) is 0 Å². The van der Waals surface area contributed by atoms with Gasteiger partial charge in [0.15, 0.2) is 5.65 Å². The first-order valence-corrected chi connectivity index (χ1v) is 6.49. The number of hydrogen-bond acceptors (Lipinski definition) is 4. The topological polar surface area (TPSA) is 55.6 Å². The SMILES string of the molecule is C=CCCNc1ncnc2c1cnn2-c1ccccc1. The monoisotopic (exact) mass is 265 g/mol. The van der Waals surface area contributed by atoms with Crippen LogP contribution >= 0.6 is 0 Å². The average Bonchev–Trinajstić information content (AvgIpc) is 2.93. The minimum atomic E-state index is 0.798. The Bertz CT molecular complexity index is 717. The van der Waals surface area contributed by atoms with Crippen LogP contribution < -0.4 is 5.32 Å². The molecule has 0 aliphatic rings. The normalized spacial score (nSPS) is 10.6. The van der Waals surface area contributed by atoms with Crippen molar-refractivity contribution in [1.82, 2.24) is 19.7 Å². The van der Waals surface area contributed by atoms with Gasteiger partial charge < -0.3 is 5.32 Å². The Balaban J connectivity index is 2.01. The van der Waals surface area contributed by atoms with Crippen LogP contribution in [-0.4, -0.2) is 26.3 Å². The quantitative estimate of drug-likeness (QED) is 0.569. The number of fused-ring (bicyclic) bond motifs is 1. The molecule has 0 spiro atoms. The maximum absolute atomic E-state index is 4.41. The molecule has 1 aromatic carbocycles. The molecule has 0 saturated heterocycles. The first-order chi connectivity index (χ1) is 9.90. The molecular weight excluding hydrogens is 250 g/mol. The summed E-state index contributed by atoms with van der Waals surface area (Å²) in [6.45, 7) is 4.51. The Morgan fingerprint density at radius 2 is 2.05 bits per heavy atom. The number of anilines is 1. The van der Waals surface area contributed by atoms with E-state index in [-0.39, 0.29) is 0 Å². The van der Waals surface area contributed by atoms with Gasteiger partial charge in [-0.2, -0.15) is 5.10 Å². The highest BCUT2D eigenvalue weighted by molar-refractivity contribution is 5.87. The fourth-order valence-corrected chi connectivity index (χ4v) is 2.04. The molecule has 0 aliphatic carbocycles. The summed E-state index contributed by atoms with van der Waals surface area (Å²) in [5, 5.41) is 8.60. The van der Waals surface area contributed by atoms with Gasteiger partial charge in [0.1, 0.15) is 12.1 Å². The van der Waals surface area contributed by atoms with E-state index in [0.29, 0.717) is 0 Å².